The lowest BCUT2D eigenvalue weighted by Crippen LogP contribution is -2.32. The number of benzene rings is 2. The van der Waals surface area contributed by atoms with Crippen LogP contribution < -0.4 is 10.5 Å². The number of anilines is 1. The van der Waals surface area contributed by atoms with E-state index in [2.05, 4.69) is 26.4 Å². The number of ether oxygens (including phenoxy) is 2. The van der Waals surface area contributed by atoms with Crippen LogP contribution in [0.5, 0.6) is 5.75 Å². The van der Waals surface area contributed by atoms with Crippen LogP contribution in [0.4, 0.5) is 5.82 Å². The monoisotopic (exact) mass is 525 g/mol. The first kappa shape index (κ1) is 23.1. The second-order valence-electron chi connectivity index (χ2n) is 9.86. The minimum atomic E-state index is -0.247. The molecule has 0 spiro atoms. The largest absolute Gasteiger partial charge is 0.491 e. The number of amides is 1. The van der Waals surface area contributed by atoms with Crippen molar-refractivity contribution in [2.45, 2.75) is 38.6 Å². The van der Waals surface area contributed by atoms with Crippen LogP contribution >= 0.6 is 11.6 Å². The number of carbonyl (C=O) groups is 1. The maximum absolute atomic E-state index is 13.6. The van der Waals surface area contributed by atoms with Gasteiger partial charge in [-0.3, -0.25) is 4.79 Å². The van der Waals surface area contributed by atoms with E-state index in [4.69, 9.17) is 26.8 Å². The molecule has 9 heteroatoms. The van der Waals surface area contributed by atoms with Crippen LogP contribution in [0.3, 0.4) is 0 Å². The van der Waals surface area contributed by atoms with Crippen LogP contribution in [0.2, 0.25) is 5.02 Å². The predicted molar refractivity (Wildman–Crippen MR) is 143 cm³/mol. The van der Waals surface area contributed by atoms with Crippen molar-refractivity contribution in [2.75, 3.05) is 19.4 Å². The Labute approximate surface area is 224 Å². The van der Waals surface area contributed by atoms with Crippen molar-refractivity contribution in [3.05, 3.63) is 80.9 Å². The normalized spacial score (nSPS) is 16.9. The zero-order chi connectivity index (χ0) is 26.0. The molecule has 0 unspecified atom stereocenters. The molecule has 0 saturated heterocycles. The van der Waals surface area contributed by atoms with Crippen LogP contribution in [0.15, 0.2) is 36.5 Å². The van der Waals surface area contributed by atoms with Crippen LogP contribution in [0.1, 0.15) is 56.6 Å². The molecule has 0 fully saturated rings. The fraction of sp³-hybridized carbons (Fsp3) is 0.276. The lowest BCUT2D eigenvalue weighted by atomic mass is 10.0. The molecule has 3 aliphatic rings. The molecule has 190 valence electrons. The lowest BCUT2D eigenvalue weighted by molar-refractivity contribution is 0.0709. The molecule has 0 radical (unpaired) electrons. The fourth-order valence-electron chi connectivity index (χ4n) is 5.57. The molecule has 4 aromatic rings. The Balaban J connectivity index is 1.16. The summed E-state index contributed by atoms with van der Waals surface area (Å²) < 4.78 is 13.8. The second-order valence-corrected chi connectivity index (χ2v) is 10.3. The van der Waals surface area contributed by atoms with Gasteiger partial charge in [-0.25, -0.2) is 9.97 Å². The Bertz CT molecular complexity index is 1720. The number of aromatic nitrogens is 3. The van der Waals surface area contributed by atoms with Crippen LogP contribution in [-0.4, -0.2) is 39.0 Å². The number of nitrogens with two attached hydrogens (primary N) is 1. The summed E-state index contributed by atoms with van der Waals surface area (Å²) in [7, 11) is 1.77. The summed E-state index contributed by atoms with van der Waals surface area (Å²) in [6.07, 6.45) is 3.96. The van der Waals surface area contributed by atoms with E-state index in [0.717, 1.165) is 64.3 Å². The van der Waals surface area contributed by atoms with Gasteiger partial charge in [0.2, 0.25) is 0 Å². The number of carbonyl (C=O) groups excluding carboxylic acids is 1. The Morgan fingerprint density at radius 3 is 2.97 bits per heavy atom. The van der Waals surface area contributed by atoms with Gasteiger partial charge in [-0.05, 0) is 42.2 Å². The molecule has 0 bridgehead atoms. The first-order valence-electron chi connectivity index (χ1n) is 12.6. The molecule has 1 amide bonds. The number of fused-ring (bicyclic) bond motifs is 5. The Morgan fingerprint density at radius 1 is 1.21 bits per heavy atom. The highest BCUT2D eigenvalue weighted by atomic mass is 35.5. The molecule has 0 aliphatic carbocycles. The fourth-order valence-corrected chi connectivity index (χ4v) is 5.81. The minimum Gasteiger partial charge on any atom is -0.491 e. The Hall–Kier alpha value is -4.06. The van der Waals surface area contributed by atoms with Gasteiger partial charge in [0.15, 0.2) is 0 Å². The smallest absolute Gasteiger partial charge is 0.255 e. The third-order valence-electron chi connectivity index (χ3n) is 7.66. The number of halogens is 1. The number of nitrogen functional groups attached to an aromatic ring is 1. The number of pyridine rings is 1. The van der Waals surface area contributed by atoms with E-state index in [1.165, 1.54) is 0 Å². The maximum atomic E-state index is 13.6. The van der Waals surface area contributed by atoms with Gasteiger partial charge in [0.05, 0.1) is 41.6 Å². The van der Waals surface area contributed by atoms with E-state index in [1.54, 1.807) is 24.1 Å². The highest BCUT2D eigenvalue weighted by Gasteiger charge is 2.32. The third-order valence-corrected chi connectivity index (χ3v) is 7.97. The van der Waals surface area contributed by atoms with Gasteiger partial charge in [0.25, 0.3) is 5.91 Å². The van der Waals surface area contributed by atoms with Crippen molar-refractivity contribution < 1.29 is 14.3 Å². The van der Waals surface area contributed by atoms with Crippen molar-refractivity contribution in [3.8, 4) is 17.6 Å². The van der Waals surface area contributed by atoms with Gasteiger partial charge < -0.3 is 24.7 Å². The van der Waals surface area contributed by atoms with E-state index in [1.807, 2.05) is 24.4 Å². The quantitative estimate of drug-likeness (QED) is 0.393. The Morgan fingerprint density at radius 2 is 2.08 bits per heavy atom. The first-order valence-corrected chi connectivity index (χ1v) is 12.9. The predicted octanol–water partition coefficient (Wildman–Crippen LogP) is 4.25. The van der Waals surface area contributed by atoms with Crippen molar-refractivity contribution in [3.63, 3.8) is 0 Å². The highest BCUT2D eigenvalue weighted by Crippen LogP contribution is 2.38. The average Bonchev–Trinajstić information content (AvgIpc) is 3.70. The van der Waals surface area contributed by atoms with Crippen LogP contribution in [-0.2, 0) is 30.9 Å². The molecular formula is C29H24ClN5O3. The van der Waals surface area contributed by atoms with Crippen molar-refractivity contribution in [1.82, 2.24) is 19.4 Å². The summed E-state index contributed by atoms with van der Waals surface area (Å²) in [5.41, 5.74) is 11.7. The van der Waals surface area contributed by atoms with E-state index in [9.17, 15) is 4.79 Å². The molecule has 38 heavy (non-hydrogen) atoms. The van der Waals surface area contributed by atoms with Crippen LogP contribution in [0, 0.1) is 11.8 Å². The number of hydrogen-bond acceptors (Lipinski definition) is 6. The molecule has 2 aromatic carbocycles. The molecule has 2 aromatic heterocycles. The summed E-state index contributed by atoms with van der Waals surface area (Å²) in [6, 6.07) is 9.15. The molecule has 2 N–H and O–H groups in total. The first-order chi connectivity index (χ1) is 18.5. The highest BCUT2D eigenvalue weighted by molar-refractivity contribution is 6.34. The standard InChI is InChI=1S/C29H24ClN5O3/c1-34(29(36)20-10-19-21-13-37-14-22(21)28(31)33-24(19)11-23(20)30)25-15-38-26-9-16(5-7-18(25)26)4-6-17-12-32-27-3-2-8-35(17)27/h5,7,9-12,25H,2-3,8,13-15H2,1H3,(H2,31,33)/t25-/m1/s1. The molecular weight excluding hydrogens is 502 g/mol. The van der Waals surface area contributed by atoms with Crippen molar-refractivity contribution in [1.29, 1.82) is 0 Å². The zero-order valence-electron chi connectivity index (χ0n) is 20.8. The van der Waals surface area contributed by atoms with Gasteiger partial charge in [0.1, 0.15) is 29.7 Å². The van der Waals surface area contributed by atoms with Gasteiger partial charge in [0, 0.05) is 42.1 Å². The van der Waals surface area contributed by atoms with E-state index in [0.29, 0.717) is 41.7 Å². The molecule has 5 heterocycles. The van der Waals surface area contributed by atoms with E-state index >= 15 is 0 Å². The number of aryl methyl sites for hydroxylation is 1. The molecule has 8 nitrogen and oxygen atoms in total. The minimum absolute atomic E-state index is 0.193. The van der Waals surface area contributed by atoms with Crippen LogP contribution in [0.25, 0.3) is 10.9 Å². The summed E-state index contributed by atoms with van der Waals surface area (Å²) >= 11 is 6.57. The van der Waals surface area contributed by atoms with Gasteiger partial charge in [-0.15, -0.1) is 0 Å². The summed E-state index contributed by atoms with van der Waals surface area (Å²) in [6.45, 7) is 2.18. The van der Waals surface area contributed by atoms with E-state index < -0.39 is 0 Å². The number of nitrogens with zero attached hydrogens (tertiary/aromatic N) is 4. The van der Waals surface area contributed by atoms with Gasteiger partial charge >= 0.3 is 0 Å². The number of likely N-dealkylation sites (N-methyl/N-ethyl adjacent to an activating group) is 1. The second kappa shape index (κ2) is 8.76. The Kier molecular flexibility index (Phi) is 5.32. The molecule has 3 aliphatic heterocycles. The topological polar surface area (TPSA) is 95.5 Å². The summed E-state index contributed by atoms with van der Waals surface area (Å²) in [4.78, 5) is 24.3. The van der Waals surface area contributed by atoms with Gasteiger partial charge in [-0.2, -0.15) is 0 Å². The number of imidazole rings is 1. The summed E-state index contributed by atoms with van der Waals surface area (Å²) in [5, 5.41) is 1.17. The van der Waals surface area contributed by atoms with Gasteiger partial charge in [-0.1, -0.05) is 23.6 Å². The van der Waals surface area contributed by atoms with E-state index in [-0.39, 0.29) is 11.9 Å². The average molecular weight is 526 g/mol. The number of hydrogen-bond donors (Lipinski definition) is 1. The lowest BCUT2D eigenvalue weighted by Gasteiger charge is -2.24. The third kappa shape index (κ3) is 3.62. The van der Waals surface area contributed by atoms with Crippen molar-refractivity contribution in [2.24, 2.45) is 0 Å². The molecule has 7 rings (SSSR count). The summed E-state index contributed by atoms with van der Waals surface area (Å²) in [5.74, 6) is 8.56. The zero-order valence-corrected chi connectivity index (χ0v) is 21.5. The SMILES string of the molecule is CN(C(=O)c1cc2c3c(c(N)nc2cc1Cl)COC3)[C@@H]1COc2cc(C#Cc3cnc4n3CCC4)ccc21. The van der Waals surface area contributed by atoms with Crippen molar-refractivity contribution >= 4 is 34.2 Å². The maximum Gasteiger partial charge on any atom is 0.255 e. The molecule has 1 atom stereocenters. The number of rotatable bonds is 2. The molecule has 0 saturated carbocycles.